The van der Waals surface area contributed by atoms with Crippen molar-refractivity contribution < 1.29 is 9.90 Å². The zero-order chi connectivity index (χ0) is 12.3. The van der Waals surface area contributed by atoms with E-state index in [0.29, 0.717) is 6.54 Å². The van der Waals surface area contributed by atoms with Crippen LogP contribution in [-0.2, 0) is 0 Å². The van der Waals surface area contributed by atoms with Crippen LogP contribution < -0.4 is 0 Å². The standard InChI is InChI=1S/C8H11NO2.C4H2N2/c1-2-7-5-3-4-6-9(7)8(10)11;1-2-5-4-3(1)6-4/h1,7H,3-6H2,(H,10,11);1-2H. The highest BCUT2D eigenvalue weighted by atomic mass is 16.4. The number of carbonyl (C=O) groups is 1. The van der Waals surface area contributed by atoms with Crippen molar-refractivity contribution in [1.82, 2.24) is 14.9 Å². The van der Waals surface area contributed by atoms with Gasteiger partial charge in [-0.05, 0) is 25.3 Å². The lowest BCUT2D eigenvalue weighted by Crippen LogP contribution is -2.41. The van der Waals surface area contributed by atoms with Crippen LogP contribution >= 0.6 is 0 Å². The van der Waals surface area contributed by atoms with Gasteiger partial charge in [0.05, 0.1) is 6.04 Å². The molecule has 3 aliphatic rings. The topological polar surface area (TPSA) is 66.3 Å². The van der Waals surface area contributed by atoms with Crippen LogP contribution in [0.2, 0.25) is 0 Å². The van der Waals surface area contributed by atoms with Crippen LogP contribution in [0.25, 0.3) is 11.5 Å². The fraction of sp³-hybridized carbons (Fsp3) is 0.417. The molecule has 0 aromatic carbocycles. The van der Waals surface area contributed by atoms with Gasteiger partial charge in [-0.15, -0.1) is 6.42 Å². The maximum atomic E-state index is 10.6. The van der Waals surface area contributed by atoms with E-state index in [1.54, 1.807) is 6.20 Å². The van der Waals surface area contributed by atoms with Crippen LogP contribution in [0.5, 0.6) is 0 Å². The molecule has 0 saturated carbocycles. The van der Waals surface area contributed by atoms with Gasteiger partial charge in [0.25, 0.3) is 0 Å². The van der Waals surface area contributed by atoms with E-state index in [1.807, 2.05) is 6.07 Å². The first-order valence-electron chi connectivity index (χ1n) is 5.51. The number of fused-ring (bicyclic) bond motifs is 1. The Morgan fingerprint density at radius 2 is 2.41 bits per heavy atom. The molecule has 5 heteroatoms. The van der Waals surface area contributed by atoms with Crippen molar-refractivity contribution in [3.63, 3.8) is 0 Å². The fourth-order valence-corrected chi connectivity index (χ4v) is 1.81. The number of terminal acetylenes is 1. The van der Waals surface area contributed by atoms with E-state index in [0.717, 1.165) is 30.8 Å². The molecule has 3 aliphatic heterocycles. The Balaban J connectivity index is 0.000000148. The number of piperidine rings is 1. The average molecular weight is 231 g/mol. The Labute approximate surface area is 99.5 Å². The molecule has 1 atom stereocenters. The smallest absolute Gasteiger partial charge is 0.408 e. The zero-order valence-electron chi connectivity index (χ0n) is 9.33. The van der Waals surface area contributed by atoms with E-state index in [2.05, 4.69) is 15.9 Å². The maximum Gasteiger partial charge on any atom is 0.408 e. The third kappa shape index (κ3) is 2.72. The number of nitrogens with zero attached hydrogens (tertiary/aromatic N) is 3. The van der Waals surface area contributed by atoms with Crippen LogP contribution in [0.15, 0.2) is 12.3 Å². The van der Waals surface area contributed by atoms with Gasteiger partial charge in [0.2, 0.25) is 0 Å². The molecule has 1 fully saturated rings. The summed E-state index contributed by atoms with van der Waals surface area (Å²) in [5, 5.41) is 8.67. The summed E-state index contributed by atoms with van der Waals surface area (Å²) in [4.78, 5) is 19.6. The Morgan fingerprint density at radius 3 is 2.76 bits per heavy atom. The molecule has 1 N–H and O–H groups in total. The second-order valence-electron chi connectivity index (χ2n) is 3.92. The summed E-state index contributed by atoms with van der Waals surface area (Å²) in [5.41, 5.74) is 1.06. The van der Waals surface area contributed by atoms with Crippen LogP contribution in [0.4, 0.5) is 4.79 Å². The van der Waals surface area contributed by atoms with Crippen LogP contribution in [-0.4, -0.2) is 38.7 Å². The van der Waals surface area contributed by atoms with E-state index in [1.165, 1.54) is 4.90 Å². The molecule has 0 spiro atoms. The van der Waals surface area contributed by atoms with Gasteiger partial charge in [-0.2, -0.15) is 0 Å². The first kappa shape index (κ1) is 11.4. The van der Waals surface area contributed by atoms with E-state index in [-0.39, 0.29) is 6.04 Å². The highest BCUT2D eigenvalue weighted by Crippen LogP contribution is 2.21. The van der Waals surface area contributed by atoms with E-state index in [9.17, 15) is 4.79 Å². The quantitative estimate of drug-likeness (QED) is 0.699. The van der Waals surface area contributed by atoms with Gasteiger partial charge in [0.15, 0.2) is 5.82 Å². The first-order chi connectivity index (χ1) is 8.22. The highest BCUT2D eigenvalue weighted by molar-refractivity contribution is 5.66. The van der Waals surface area contributed by atoms with Crippen molar-refractivity contribution in [3.05, 3.63) is 12.3 Å². The Bertz CT molecular complexity index is 450. The van der Waals surface area contributed by atoms with Crippen LogP contribution in [0.1, 0.15) is 19.3 Å². The van der Waals surface area contributed by atoms with E-state index >= 15 is 0 Å². The molecule has 0 aromatic rings. The minimum absolute atomic E-state index is 0.193. The lowest BCUT2D eigenvalue weighted by Gasteiger charge is -2.29. The summed E-state index contributed by atoms with van der Waals surface area (Å²) in [6.45, 7) is 0.587. The fourth-order valence-electron chi connectivity index (χ4n) is 1.81. The number of hydrogen-bond donors (Lipinski definition) is 1. The van der Waals surface area contributed by atoms with Crippen molar-refractivity contribution in [2.45, 2.75) is 25.3 Å². The van der Waals surface area contributed by atoms with Gasteiger partial charge >= 0.3 is 6.09 Å². The van der Waals surface area contributed by atoms with Gasteiger partial charge in [0.1, 0.15) is 5.69 Å². The summed E-state index contributed by atoms with van der Waals surface area (Å²) in [5.74, 6) is 3.41. The molecular formula is C12H13N3O2. The molecule has 88 valence electrons. The summed E-state index contributed by atoms with van der Waals surface area (Å²) >= 11 is 0. The number of amides is 1. The normalized spacial score (nSPS) is 19.7. The predicted octanol–water partition coefficient (Wildman–Crippen LogP) is 1.61. The maximum absolute atomic E-state index is 10.6. The largest absolute Gasteiger partial charge is 0.465 e. The van der Waals surface area contributed by atoms with Gasteiger partial charge in [-0.1, -0.05) is 5.92 Å². The molecule has 3 rings (SSSR count). The number of rotatable bonds is 0. The number of carboxylic acid groups (broad SMARTS) is 1. The molecule has 1 unspecified atom stereocenters. The first-order valence-corrected chi connectivity index (χ1v) is 5.51. The molecule has 17 heavy (non-hydrogen) atoms. The number of hydrogen-bond acceptors (Lipinski definition) is 3. The molecule has 0 aromatic heterocycles. The Hall–Kier alpha value is -2.09. The number of likely N-dealkylation sites (tertiary alicyclic amines) is 1. The van der Waals surface area contributed by atoms with Crippen LogP contribution in [0, 0.1) is 12.3 Å². The van der Waals surface area contributed by atoms with Crippen molar-refractivity contribution in [2.24, 2.45) is 0 Å². The van der Waals surface area contributed by atoms with Gasteiger partial charge in [0, 0.05) is 12.7 Å². The molecular weight excluding hydrogens is 218 g/mol. The summed E-state index contributed by atoms with van der Waals surface area (Å²) in [7, 11) is 0. The molecule has 0 radical (unpaired) electrons. The van der Waals surface area contributed by atoms with Crippen LogP contribution in [0.3, 0.4) is 0 Å². The molecule has 3 heterocycles. The Kier molecular flexibility index (Phi) is 3.24. The van der Waals surface area contributed by atoms with Gasteiger partial charge < -0.3 is 5.11 Å². The second-order valence-corrected chi connectivity index (χ2v) is 3.92. The minimum atomic E-state index is -0.896. The molecule has 0 aliphatic carbocycles. The molecule has 5 nitrogen and oxygen atoms in total. The zero-order valence-corrected chi connectivity index (χ0v) is 9.33. The molecule has 0 bridgehead atoms. The van der Waals surface area contributed by atoms with E-state index in [4.69, 9.17) is 11.5 Å². The average Bonchev–Trinajstić information content (AvgIpc) is 2.96. The summed E-state index contributed by atoms with van der Waals surface area (Å²) in [6, 6.07) is 1.70. The van der Waals surface area contributed by atoms with Crippen molar-refractivity contribution in [2.75, 3.05) is 6.54 Å². The summed E-state index contributed by atoms with van der Waals surface area (Å²) in [6.07, 6.45) is 8.83. The van der Waals surface area contributed by atoms with Crippen molar-refractivity contribution in [1.29, 1.82) is 0 Å². The minimum Gasteiger partial charge on any atom is -0.465 e. The van der Waals surface area contributed by atoms with Gasteiger partial charge in [-0.25, -0.2) is 14.8 Å². The molecule has 1 saturated heterocycles. The van der Waals surface area contributed by atoms with Crippen molar-refractivity contribution in [3.8, 4) is 23.9 Å². The van der Waals surface area contributed by atoms with Gasteiger partial charge in [-0.3, -0.25) is 4.90 Å². The summed E-state index contributed by atoms with van der Waals surface area (Å²) < 4.78 is 0. The molecule has 1 amide bonds. The lowest BCUT2D eigenvalue weighted by atomic mass is 10.0. The highest BCUT2D eigenvalue weighted by Gasteiger charge is 2.23. The number of aromatic nitrogens is 2. The third-order valence-corrected chi connectivity index (χ3v) is 2.78. The third-order valence-electron chi connectivity index (χ3n) is 2.78. The predicted molar refractivity (Wildman–Crippen MR) is 62.2 cm³/mol. The van der Waals surface area contributed by atoms with Crippen molar-refractivity contribution >= 4 is 6.09 Å². The lowest BCUT2D eigenvalue weighted by molar-refractivity contribution is 0.122. The SMILES string of the molecule is C#CC1CCCCN1C(=O)O.c1cc2nc-2n1. The Morgan fingerprint density at radius 1 is 1.59 bits per heavy atom. The second kappa shape index (κ2) is 4.83. The van der Waals surface area contributed by atoms with E-state index < -0.39 is 6.09 Å². The monoisotopic (exact) mass is 231 g/mol.